The van der Waals surface area contributed by atoms with Crippen LogP contribution in [0.25, 0.3) is 11.1 Å². The van der Waals surface area contributed by atoms with Crippen molar-refractivity contribution in [2.45, 2.75) is 19.8 Å². The van der Waals surface area contributed by atoms with Gasteiger partial charge in [-0.2, -0.15) is 0 Å². The van der Waals surface area contributed by atoms with Crippen molar-refractivity contribution in [3.8, 4) is 5.75 Å². The van der Waals surface area contributed by atoms with Crippen LogP contribution in [0.3, 0.4) is 0 Å². The zero-order chi connectivity index (χ0) is 15.7. The molecule has 3 rings (SSSR count). The Bertz CT molecular complexity index is 803. The topological polar surface area (TPSA) is 98.6 Å². The van der Waals surface area contributed by atoms with E-state index in [2.05, 4.69) is 15.2 Å². The van der Waals surface area contributed by atoms with E-state index in [1.54, 1.807) is 0 Å². The summed E-state index contributed by atoms with van der Waals surface area (Å²) in [6.07, 6.45) is 1.41. The smallest absolute Gasteiger partial charge is 0.341 e. The lowest BCUT2D eigenvalue weighted by Crippen LogP contribution is -2.44. The minimum atomic E-state index is -0.685. The normalized spacial score (nSPS) is 15.4. The molecule has 0 aromatic carbocycles. The summed E-state index contributed by atoms with van der Waals surface area (Å²) >= 11 is 0. The first-order valence-corrected chi connectivity index (χ1v) is 7.49. The van der Waals surface area contributed by atoms with Crippen LogP contribution in [0.5, 0.6) is 5.75 Å². The number of hydrogen-bond acceptors (Lipinski definition) is 6. The molecular formula is C15H19N3O4. The number of piperazine rings is 1. The number of H-pyrrole nitrogens is 1. The molecule has 118 valence electrons. The van der Waals surface area contributed by atoms with Gasteiger partial charge in [0.05, 0.1) is 11.8 Å². The van der Waals surface area contributed by atoms with Gasteiger partial charge in [0, 0.05) is 31.7 Å². The van der Waals surface area contributed by atoms with E-state index >= 15 is 0 Å². The van der Waals surface area contributed by atoms with Gasteiger partial charge in [-0.15, -0.1) is 0 Å². The molecule has 1 aliphatic rings. The molecule has 0 spiro atoms. The Morgan fingerprint density at radius 2 is 2.05 bits per heavy atom. The molecule has 0 bridgehead atoms. The maximum Gasteiger partial charge on any atom is 0.341 e. The van der Waals surface area contributed by atoms with Crippen LogP contribution >= 0.6 is 0 Å². The summed E-state index contributed by atoms with van der Waals surface area (Å²) in [6.45, 7) is 5.06. The van der Waals surface area contributed by atoms with E-state index in [9.17, 15) is 14.7 Å². The number of aromatic hydroxyl groups is 1. The number of pyridine rings is 1. The fraction of sp³-hybridized carbons (Fsp3) is 0.467. The zero-order valence-electron chi connectivity index (χ0n) is 12.4. The van der Waals surface area contributed by atoms with Gasteiger partial charge < -0.3 is 19.7 Å². The van der Waals surface area contributed by atoms with Crippen molar-refractivity contribution in [2.24, 2.45) is 0 Å². The van der Waals surface area contributed by atoms with E-state index in [0.29, 0.717) is 23.1 Å². The molecule has 0 atom stereocenters. The van der Waals surface area contributed by atoms with Gasteiger partial charge in [0.15, 0.2) is 0 Å². The molecule has 0 saturated carbocycles. The van der Waals surface area contributed by atoms with E-state index < -0.39 is 5.63 Å². The van der Waals surface area contributed by atoms with Crippen molar-refractivity contribution in [3.63, 3.8) is 0 Å². The number of nitrogens with one attached hydrogen (secondary N) is 2. The number of fused-ring (bicyclic) bond motifs is 1. The van der Waals surface area contributed by atoms with Gasteiger partial charge in [0.2, 0.25) is 5.71 Å². The Morgan fingerprint density at radius 3 is 2.73 bits per heavy atom. The summed E-state index contributed by atoms with van der Waals surface area (Å²) in [5.74, 6) is -0.159. The van der Waals surface area contributed by atoms with Crippen molar-refractivity contribution in [3.05, 3.63) is 32.4 Å². The molecule has 0 aliphatic carbocycles. The Kier molecular flexibility index (Phi) is 3.89. The van der Waals surface area contributed by atoms with E-state index in [4.69, 9.17) is 4.42 Å². The van der Waals surface area contributed by atoms with Crippen LogP contribution in [0.1, 0.15) is 18.9 Å². The maximum atomic E-state index is 12.4. The van der Waals surface area contributed by atoms with Gasteiger partial charge in [-0.05, 0) is 6.42 Å². The Hall–Kier alpha value is -2.28. The third-order valence-electron chi connectivity index (χ3n) is 3.90. The van der Waals surface area contributed by atoms with Crippen LogP contribution in [-0.4, -0.2) is 36.3 Å². The molecule has 7 nitrogen and oxygen atoms in total. The maximum absolute atomic E-state index is 12.4. The lowest BCUT2D eigenvalue weighted by atomic mass is 10.0. The third-order valence-corrected chi connectivity index (χ3v) is 3.90. The second-order valence-corrected chi connectivity index (χ2v) is 5.42. The summed E-state index contributed by atoms with van der Waals surface area (Å²) < 4.78 is 5.07. The lowest BCUT2D eigenvalue weighted by Gasteiger charge is -2.31. The Labute approximate surface area is 126 Å². The highest BCUT2D eigenvalue weighted by Crippen LogP contribution is 2.33. The third kappa shape index (κ3) is 2.48. The van der Waals surface area contributed by atoms with Gasteiger partial charge in [0.1, 0.15) is 11.1 Å². The first-order valence-electron chi connectivity index (χ1n) is 7.49. The average molecular weight is 305 g/mol. The predicted molar refractivity (Wildman–Crippen MR) is 83.8 cm³/mol. The van der Waals surface area contributed by atoms with Crippen LogP contribution in [0.2, 0.25) is 0 Å². The highest BCUT2D eigenvalue weighted by molar-refractivity contribution is 5.95. The molecule has 1 saturated heterocycles. The molecule has 3 heterocycles. The van der Waals surface area contributed by atoms with Crippen molar-refractivity contribution >= 4 is 16.8 Å². The number of hydrogen-bond donors (Lipinski definition) is 3. The number of nitrogens with zero attached hydrogens (tertiary/aromatic N) is 1. The van der Waals surface area contributed by atoms with E-state index in [1.165, 1.54) is 0 Å². The SMILES string of the molecule is CCCc1c(N2CCNCC2)c2c(O)cc(=O)oc2[nH]c1=O. The second-order valence-electron chi connectivity index (χ2n) is 5.42. The zero-order valence-corrected chi connectivity index (χ0v) is 12.4. The van der Waals surface area contributed by atoms with Crippen molar-refractivity contribution in [2.75, 3.05) is 31.1 Å². The standard InChI is InChI=1S/C15H19N3O4/c1-2-3-9-13(18-6-4-16-5-7-18)12-10(19)8-11(20)22-15(12)17-14(9)21/h8,16,19H,2-7H2,1H3,(H,17,21). The minimum Gasteiger partial charge on any atom is -0.507 e. The van der Waals surface area contributed by atoms with Crippen LogP contribution < -0.4 is 21.4 Å². The highest BCUT2D eigenvalue weighted by Gasteiger charge is 2.23. The molecule has 1 aliphatic heterocycles. The van der Waals surface area contributed by atoms with Gasteiger partial charge in [-0.3, -0.25) is 9.78 Å². The molecule has 2 aromatic rings. The predicted octanol–water partition coefficient (Wildman–Crippen LogP) is 0.549. The molecule has 0 radical (unpaired) electrons. The van der Waals surface area contributed by atoms with Crippen molar-refractivity contribution in [1.29, 1.82) is 0 Å². The van der Waals surface area contributed by atoms with E-state index in [1.807, 2.05) is 6.92 Å². The fourth-order valence-electron chi connectivity index (χ4n) is 2.95. The molecule has 0 amide bonds. The fourth-order valence-corrected chi connectivity index (χ4v) is 2.95. The Morgan fingerprint density at radius 1 is 1.32 bits per heavy atom. The van der Waals surface area contributed by atoms with Crippen LogP contribution in [0.4, 0.5) is 5.69 Å². The number of anilines is 1. The summed E-state index contributed by atoms with van der Waals surface area (Å²) in [5.41, 5.74) is 0.388. The molecule has 1 fully saturated rings. The van der Waals surface area contributed by atoms with Crippen molar-refractivity contribution < 1.29 is 9.52 Å². The van der Waals surface area contributed by atoms with Gasteiger partial charge in [-0.1, -0.05) is 13.3 Å². The van der Waals surface area contributed by atoms with E-state index in [-0.39, 0.29) is 17.0 Å². The molecule has 2 aromatic heterocycles. The summed E-state index contributed by atoms with van der Waals surface area (Å²) in [6, 6.07) is 1.04. The number of aromatic nitrogens is 1. The number of aromatic amines is 1. The molecule has 22 heavy (non-hydrogen) atoms. The number of rotatable bonds is 3. The van der Waals surface area contributed by atoms with Crippen molar-refractivity contribution in [1.82, 2.24) is 10.3 Å². The minimum absolute atomic E-state index is 0.0309. The summed E-state index contributed by atoms with van der Waals surface area (Å²) in [5, 5.41) is 13.9. The quantitative estimate of drug-likeness (QED) is 0.766. The highest BCUT2D eigenvalue weighted by atomic mass is 16.4. The summed E-state index contributed by atoms with van der Waals surface area (Å²) in [7, 11) is 0. The first-order chi connectivity index (χ1) is 10.6. The monoisotopic (exact) mass is 305 g/mol. The van der Waals surface area contributed by atoms with E-state index in [0.717, 1.165) is 38.7 Å². The first kappa shape index (κ1) is 14.6. The van der Waals surface area contributed by atoms with Crippen LogP contribution in [-0.2, 0) is 6.42 Å². The summed E-state index contributed by atoms with van der Waals surface area (Å²) in [4.78, 5) is 28.5. The molecule has 0 unspecified atom stereocenters. The lowest BCUT2D eigenvalue weighted by molar-refractivity contribution is 0.465. The van der Waals surface area contributed by atoms with Gasteiger partial charge >= 0.3 is 5.63 Å². The molecule has 7 heteroatoms. The average Bonchev–Trinajstić information content (AvgIpc) is 2.49. The van der Waals surface area contributed by atoms with Crippen LogP contribution in [0, 0.1) is 0 Å². The second kappa shape index (κ2) is 5.84. The van der Waals surface area contributed by atoms with Gasteiger partial charge in [-0.25, -0.2) is 4.79 Å². The molecular weight excluding hydrogens is 286 g/mol. The molecule has 3 N–H and O–H groups in total. The van der Waals surface area contributed by atoms with Crippen LogP contribution in [0.15, 0.2) is 20.1 Å². The van der Waals surface area contributed by atoms with Gasteiger partial charge in [0.25, 0.3) is 5.56 Å². The largest absolute Gasteiger partial charge is 0.507 e. The Balaban J connectivity index is 2.34.